The number of hydrogen-bond acceptors (Lipinski definition) is 3. The lowest BCUT2D eigenvalue weighted by molar-refractivity contribution is -0.0710. The lowest BCUT2D eigenvalue weighted by Crippen LogP contribution is -2.53. The molecule has 0 unspecified atom stereocenters. The molecule has 1 aromatic rings. The largest absolute Gasteiger partial charge is 0.379 e. The number of amides is 1. The van der Waals surface area contributed by atoms with Crippen molar-refractivity contribution in [1.82, 2.24) is 10.0 Å². The van der Waals surface area contributed by atoms with Gasteiger partial charge in [-0.2, -0.15) is 0 Å². The smallest absolute Gasteiger partial charge is 0.268 e. The molecule has 90 valence electrons. The van der Waals surface area contributed by atoms with E-state index in [9.17, 15) is 4.79 Å². The Balaban J connectivity index is 1.83. The van der Waals surface area contributed by atoms with E-state index in [1.807, 2.05) is 29.3 Å². The van der Waals surface area contributed by atoms with Gasteiger partial charge < -0.3 is 4.74 Å². The first-order chi connectivity index (χ1) is 8.36. The van der Waals surface area contributed by atoms with Gasteiger partial charge in [0.25, 0.3) is 5.91 Å². The zero-order valence-corrected chi connectivity index (χ0v) is 9.76. The van der Waals surface area contributed by atoms with Gasteiger partial charge in [0.15, 0.2) is 0 Å². The van der Waals surface area contributed by atoms with Crippen LogP contribution in [0.15, 0.2) is 24.3 Å². The first-order valence-corrected chi connectivity index (χ1v) is 6.08. The zero-order chi connectivity index (χ0) is 11.7. The van der Waals surface area contributed by atoms with Crippen molar-refractivity contribution >= 4 is 5.91 Å². The van der Waals surface area contributed by atoms with E-state index in [1.165, 1.54) is 5.56 Å². The summed E-state index contributed by atoms with van der Waals surface area (Å²) in [5, 5.41) is 3.99. The Kier molecular flexibility index (Phi) is 2.82. The van der Waals surface area contributed by atoms with Crippen molar-refractivity contribution in [2.75, 3.05) is 32.8 Å². The van der Waals surface area contributed by atoms with Gasteiger partial charge in [-0.15, -0.1) is 0 Å². The molecule has 1 aromatic carbocycles. The number of morpholine rings is 1. The summed E-state index contributed by atoms with van der Waals surface area (Å²) < 4.78 is 5.32. The van der Waals surface area contributed by atoms with Crippen LogP contribution in [0.4, 0.5) is 0 Å². The van der Waals surface area contributed by atoms with E-state index in [-0.39, 0.29) is 5.91 Å². The SMILES string of the molecule is O=C1c2ccccc2CCN1N1CCOCC1. The van der Waals surface area contributed by atoms with E-state index in [4.69, 9.17) is 4.74 Å². The molecule has 0 radical (unpaired) electrons. The lowest BCUT2D eigenvalue weighted by Gasteiger charge is -2.39. The fourth-order valence-corrected chi connectivity index (χ4v) is 2.48. The molecule has 0 saturated carbocycles. The van der Waals surface area contributed by atoms with E-state index in [1.54, 1.807) is 0 Å². The zero-order valence-electron chi connectivity index (χ0n) is 9.76. The molecule has 3 rings (SSSR count). The molecule has 4 nitrogen and oxygen atoms in total. The van der Waals surface area contributed by atoms with Crippen molar-refractivity contribution in [2.45, 2.75) is 6.42 Å². The number of hydrazine groups is 1. The van der Waals surface area contributed by atoms with E-state index >= 15 is 0 Å². The van der Waals surface area contributed by atoms with Crippen LogP contribution in [-0.4, -0.2) is 48.8 Å². The van der Waals surface area contributed by atoms with Crippen LogP contribution in [0.3, 0.4) is 0 Å². The van der Waals surface area contributed by atoms with Crippen LogP contribution in [0.2, 0.25) is 0 Å². The van der Waals surface area contributed by atoms with Crippen LogP contribution in [0, 0.1) is 0 Å². The number of carbonyl (C=O) groups excluding carboxylic acids is 1. The highest BCUT2D eigenvalue weighted by Gasteiger charge is 2.29. The molecule has 0 spiro atoms. The number of carbonyl (C=O) groups is 1. The van der Waals surface area contributed by atoms with Crippen LogP contribution in [0.25, 0.3) is 0 Å². The first-order valence-electron chi connectivity index (χ1n) is 6.08. The molecule has 0 N–H and O–H groups in total. The fourth-order valence-electron chi connectivity index (χ4n) is 2.48. The summed E-state index contributed by atoms with van der Waals surface area (Å²) in [6.07, 6.45) is 0.944. The van der Waals surface area contributed by atoms with Crippen molar-refractivity contribution in [3.05, 3.63) is 35.4 Å². The molecule has 2 heterocycles. The topological polar surface area (TPSA) is 32.8 Å². The van der Waals surface area contributed by atoms with E-state index in [2.05, 4.69) is 5.01 Å². The molecular weight excluding hydrogens is 216 g/mol. The van der Waals surface area contributed by atoms with Gasteiger partial charge in [0, 0.05) is 25.2 Å². The van der Waals surface area contributed by atoms with Gasteiger partial charge in [-0.3, -0.25) is 9.80 Å². The van der Waals surface area contributed by atoms with E-state index in [0.29, 0.717) is 13.2 Å². The summed E-state index contributed by atoms with van der Waals surface area (Å²) >= 11 is 0. The molecule has 0 atom stereocenters. The molecule has 0 aromatic heterocycles. The summed E-state index contributed by atoms with van der Waals surface area (Å²) in [7, 11) is 0. The van der Waals surface area contributed by atoms with Crippen LogP contribution in [0.5, 0.6) is 0 Å². The molecule has 0 bridgehead atoms. The van der Waals surface area contributed by atoms with Gasteiger partial charge in [-0.1, -0.05) is 18.2 Å². The highest BCUT2D eigenvalue weighted by Crippen LogP contribution is 2.20. The molecular formula is C13H16N2O2. The van der Waals surface area contributed by atoms with Crippen LogP contribution in [-0.2, 0) is 11.2 Å². The number of fused-ring (bicyclic) bond motifs is 1. The minimum atomic E-state index is 0.133. The van der Waals surface area contributed by atoms with Crippen molar-refractivity contribution in [1.29, 1.82) is 0 Å². The number of ether oxygens (including phenoxy) is 1. The normalized spacial score (nSPS) is 21.4. The maximum atomic E-state index is 12.4. The quantitative estimate of drug-likeness (QED) is 0.722. The average Bonchev–Trinajstić information content (AvgIpc) is 2.40. The second-order valence-corrected chi connectivity index (χ2v) is 4.40. The highest BCUT2D eigenvalue weighted by atomic mass is 16.5. The number of benzene rings is 1. The maximum Gasteiger partial charge on any atom is 0.268 e. The molecule has 4 heteroatoms. The second-order valence-electron chi connectivity index (χ2n) is 4.40. The van der Waals surface area contributed by atoms with Crippen molar-refractivity contribution in [2.24, 2.45) is 0 Å². The maximum absolute atomic E-state index is 12.4. The third-order valence-electron chi connectivity index (χ3n) is 3.40. The van der Waals surface area contributed by atoms with Gasteiger partial charge in [-0.05, 0) is 18.1 Å². The Bertz CT molecular complexity index is 427. The Morgan fingerprint density at radius 3 is 2.65 bits per heavy atom. The Morgan fingerprint density at radius 1 is 1.06 bits per heavy atom. The summed E-state index contributed by atoms with van der Waals surface area (Å²) in [5.74, 6) is 0.133. The van der Waals surface area contributed by atoms with Crippen LogP contribution >= 0.6 is 0 Å². The van der Waals surface area contributed by atoms with Gasteiger partial charge in [-0.25, -0.2) is 5.01 Å². The molecule has 2 aliphatic heterocycles. The summed E-state index contributed by atoms with van der Waals surface area (Å²) in [6, 6.07) is 7.89. The van der Waals surface area contributed by atoms with Crippen LogP contribution < -0.4 is 0 Å². The predicted molar refractivity (Wildman–Crippen MR) is 63.6 cm³/mol. The van der Waals surface area contributed by atoms with Gasteiger partial charge in [0.2, 0.25) is 0 Å². The monoisotopic (exact) mass is 232 g/mol. The summed E-state index contributed by atoms with van der Waals surface area (Å²) in [6.45, 7) is 3.84. The minimum Gasteiger partial charge on any atom is -0.379 e. The van der Waals surface area contributed by atoms with Gasteiger partial charge in [0.05, 0.1) is 13.2 Å². The third-order valence-corrected chi connectivity index (χ3v) is 3.40. The Morgan fingerprint density at radius 2 is 1.82 bits per heavy atom. The molecule has 1 fully saturated rings. The molecule has 2 aliphatic rings. The average molecular weight is 232 g/mol. The van der Waals surface area contributed by atoms with Crippen molar-refractivity contribution in [3.63, 3.8) is 0 Å². The van der Waals surface area contributed by atoms with Gasteiger partial charge >= 0.3 is 0 Å². The first kappa shape index (κ1) is 10.7. The number of rotatable bonds is 1. The number of nitrogens with zero attached hydrogens (tertiary/aromatic N) is 2. The standard InChI is InChI=1S/C13H16N2O2/c16-13-12-4-2-1-3-11(12)5-6-15(13)14-7-9-17-10-8-14/h1-4H,5-10H2. The molecule has 0 aliphatic carbocycles. The molecule has 17 heavy (non-hydrogen) atoms. The Hall–Kier alpha value is -1.39. The van der Waals surface area contributed by atoms with E-state index in [0.717, 1.165) is 31.6 Å². The summed E-state index contributed by atoms with van der Waals surface area (Å²) in [5.41, 5.74) is 2.02. The molecule has 1 saturated heterocycles. The third kappa shape index (κ3) is 1.94. The highest BCUT2D eigenvalue weighted by molar-refractivity contribution is 5.96. The lowest BCUT2D eigenvalue weighted by atomic mass is 10.0. The Labute approximate surface area is 101 Å². The van der Waals surface area contributed by atoms with Gasteiger partial charge in [0.1, 0.15) is 0 Å². The molecule has 1 amide bonds. The second kappa shape index (κ2) is 4.47. The predicted octanol–water partition coefficient (Wildman–Crippen LogP) is 0.932. The van der Waals surface area contributed by atoms with Crippen molar-refractivity contribution < 1.29 is 9.53 Å². The van der Waals surface area contributed by atoms with Crippen molar-refractivity contribution in [3.8, 4) is 0 Å². The minimum absolute atomic E-state index is 0.133. The van der Waals surface area contributed by atoms with Crippen LogP contribution in [0.1, 0.15) is 15.9 Å². The fraction of sp³-hybridized carbons (Fsp3) is 0.462. The van der Waals surface area contributed by atoms with E-state index < -0.39 is 0 Å². The number of hydrogen-bond donors (Lipinski definition) is 0. The summed E-state index contributed by atoms with van der Waals surface area (Å²) in [4.78, 5) is 12.4.